The van der Waals surface area contributed by atoms with Crippen molar-refractivity contribution in [3.05, 3.63) is 65.2 Å². The molecule has 0 saturated heterocycles. The van der Waals surface area contributed by atoms with Gasteiger partial charge >= 0.3 is 0 Å². The van der Waals surface area contributed by atoms with Crippen molar-refractivity contribution in [2.24, 2.45) is 0 Å². The van der Waals surface area contributed by atoms with Crippen molar-refractivity contribution in [2.75, 3.05) is 5.75 Å². The summed E-state index contributed by atoms with van der Waals surface area (Å²) in [5.41, 5.74) is 5.86. The van der Waals surface area contributed by atoms with Crippen LogP contribution < -0.4 is 10.9 Å². The first-order valence-electron chi connectivity index (χ1n) is 7.45. The average Bonchev–Trinajstić information content (AvgIpc) is 3.14. The Hall–Kier alpha value is -2.91. The first-order chi connectivity index (χ1) is 12.6. The molecule has 0 aliphatic rings. The van der Waals surface area contributed by atoms with Crippen molar-refractivity contribution in [3.63, 3.8) is 0 Å². The summed E-state index contributed by atoms with van der Waals surface area (Å²) in [6.07, 6.45) is 0. The van der Waals surface area contributed by atoms with E-state index in [4.69, 9.17) is 11.6 Å². The Kier molecular flexibility index (Phi) is 5.82. The number of hydrogen-bond donors (Lipinski definition) is 2. The summed E-state index contributed by atoms with van der Waals surface area (Å²) in [7, 11) is 0. The fourth-order valence-corrected chi connectivity index (χ4v) is 2.78. The van der Waals surface area contributed by atoms with Crippen LogP contribution in [0.4, 0.5) is 0 Å². The van der Waals surface area contributed by atoms with Crippen LogP contribution in [0.15, 0.2) is 59.8 Å². The van der Waals surface area contributed by atoms with E-state index in [1.807, 2.05) is 30.3 Å². The van der Waals surface area contributed by atoms with E-state index >= 15 is 0 Å². The van der Waals surface area contributed by atoms with Gasteiger partial charge in [-0.1, -0.05) is 41.6 Å². The van der Waals surface area contributed by atoms with Gasteiger partial charge in [-0.3, -0.25) is 20.4 Å². The molecule has 2 amide bonds. The average molecular weight is 389 g/mol. The molecule has 8 nitrogen and oxygen atoms in total. The lowest BCUT2D eigenvalue weighted by atomic mass is 10.2. The second kappa shape index (κ2) is 8.45. The zero-order valence-electron chi connectivity index (χ0n) is 13.3. The van der Waals surface area contributed by atoms with Crippen LogP contribution >= 0.6 is 23.4 Å². The van der Waals surface area contributed by atoms with Crippen LogP contribution in [0.3, 0.4) is 0 Å². The SMILES string of the molecule is O=C(CSc1nnnn1-c1ccccc1)NNC(=O)c1ccc(Cl)cc1. The third-order valence-corrected chi connectivity index (χ3v) is 4.37. The molecule has 3 rings (SSSR count). The van der Waals surface area contributed by atoms with Gasteiger partial charge in [0.05, 0.1) is 11.4 Å². The Balaban J connectivity index is 1.51. The molecular formula is C16H13ClN6O2S. The Bertz CT molecular complexity index is 901. The summed E-state index contributed by atoms with van der Waals surface area (Å²) >= 11 is 6.92. The molecule has 0 aliphatic carbocycles. The van der Waals surface area contributed by atoms with Gasteiger partial charge in [0.2, 0.25) is 11.1 Å². The Morgan fingerprint density at radius 3 is 2.50 bits per heavy atom. The van der Waals surface area contributed by atoms with E-state index in [1.165, 1.54) is 4.68 Å². The van der Waals surface area contributed by atoms with Crippen LogP contribution in [-0.2, 0) is 4.79 Å². The Morgan fingerprint density at radius 2 is 1.77 bits per heavy atom. The van der Waals surface area contributed by atoms with Gasteiger partial charge in [-0.2, -0.15) is 4.68 Å². The van der Waals surface area contributed by atoms with E-state index in [0.29, 0.717) is 15.7 Å². The highest BCUT2D eigenvalue weighted by Gasteiger charge is 2.12. The molecule has 132 valence electrons. The third-order valence-electron chi connectivity index (χ3n) is 3.20. The monoisotopic (exact) mass is 388 g/mol. The lowest BCUT2D eigenvalue weighted by Crippen LogP contribution is -2.42. The number of amides is 2. The molecule has 2 N–H and O–H groups in total. The van der Waals surface area contributed by atoms with Crippen LogP contribution in [0.25, 0.3) is 5.69 Å². The van der Waals surface area contributed by atoms with E-state index in [0.717, 1.165) is 17.4 Å². The number of tetrazole rings is 1. The van der Waals surface area contributed by atoms with Crippen LogP contribution in [0.5, 0.6) is 0 Å². The first kappa shape index (κ1) is 17.9. The number of nitrogens with one attached hydrogen (secondary N) is 2. The van der Waals surface area contributed by atoms with Gasteiger partial charge in [0.15, 0.2) is 0 Å². The van der Waals surface area contributed by atoms with Gasteiger partial charge in [0.1, 0.15) is 0 Å². The maximum Gasteiger partial charge on any atom is 0.269 e. The molecule has 0 radical (unpaired) electrons. The fraction of sp³-hybridized carbons (Fsp3) is 0.0625. The van der Waals surface area contributed by atoms with E-state index in [1.54, 1.807) is 24.3 Å². The number of halogens is 1. The van der Waals surface area contributed by atoms with Crippen LogP contribution in [0.2, 0.25) is 5.02 Å². The van der Waals surface area contributed by atoms with Crippen molar-refractivity contribution >= 4 is 35.2 Å². The van der Waals surface area contributed by atoms with Gasteiger partial charge in [-0.05, 0) is 46.8 Å². The fourth-order valence-electron chi connectivity index (χ4n) is 1.97. The molecule has 0 spiro atoms. The number of aromatic nitrogens is 4. The number of hydrogen-bond acceptors (Lipinski definition) is 6. The summed E-state index contributed by atoms with van der Waals surface area (Å²) in [6, 6.07) is 15.6. The molecule has 2 aromatic carbocycles. The maximum absolute atomic E-state index is 11.9. The van der Waals surface area contributed by atoms with Crippen molar-refractivity contribution in [3.8, 4) is 5.69 Å². The van der Waals surface area contributed by atoms with Crippen LogP contribution in [0, 0.1) is 0 Å². The Labute approximate surface area is 157 Å². The second-order valence-corrected chi connectivity index (χ2v) is 6.39. The molecular weight excluding hydrogens is 376 g/mol. The van der Waals surface area contributed by atoms with Gasteiger partial charge < -0.3 is 0 Å². The maximum atomic E-state index is 11.9. The summed E-state index contributed by atoms with van der Waals surface area (Å²) < 4.78 is 1.53. The predicted molar refractivity (Wildman–Crippen MR) is 96.9 cm³/mol. The normalized spacial score (nSPS) is 10.3. The Morgan fingerprint density at radius 1 is 1.04 bits per heavy atom. The van der Waals surface area contributed by atoms with Crippen molar-refractivity contribution in [1.29, 1.82) is 0 Å². The molecule has 0 atom stereocenters. The smallest absolute Gasteiger partial charge is 0.269 e. The van der Waals surface area contributed by atoms with Crippen molar-refractivity contribution in [2.45, 2.75) is 5.16 Å². The zero-order chi connectivity index (χ0) is 18.4. The topological polar surface area (TPSA) is 102 Å². The second-order valence-electron chi connectivity index (χ2n) is 5.01. The van der Waals surface area contributed by atoms with Gasteiger partial charge in [0.25, 0.3) is 5.91 Å². The summed E-state index contributed by atoms with van der Waals surface area (Å²) in [4.78, 5) is 23.9. The quantitative estimate of drug-likeness (QED) is 0.511. The van der Waals surface area contributed by atoms with Crippen LogP contribution in [0.1, 0.15) is 10.4 Å². The van der Waals surface area contributed by atoms with Gasteiger partial charge in [-0.15, -0.1) is 5.10 Å². The highest BCUT2D eigenvalue weighted by atomic mass is 35.5. The predicted octanol–water partition coefficient (Wildman–Crippen LogP) is 1.87. The van der Waals surface area contributed by atoms with Gasteiger partial charge in [0, 0.05) is 10.6 Å². The van der Waals surface area contributed by atoms with E-state index in [-0.39, 0.29) is 11.7 Å². The minimum absolute atomic E-state index is 0.0358. The molecule has 0 fully saturated rings. The number of rotatable bonds is 5. The van der Waals surface area contributed by atoms with Crippen molar-refractivity contribution < 1.29 is 9.59 Å². The van der Waals surface area contributed by atoms with E-state index in [2.05, 4.69) is 26.4 Å². The number of para-hydroxylation sites is 1. The lowest BCUT2D eigenvalue weighted by molar-refractivity contribution is -0.119. The molecule has 0 unspecified atom stereocenters. The first-order valence-corrected chi connectivity index (χ1v) is 8.81. The third kappa shape index (κ3) is 4.58. The van der Waals surface area contributed by atoms with E-state index < -0.39 is 5.91 Å². The number of carbonyl (C=O) groups is 2. The minimum atomic E-state index is -0.436. The number of thioether (sulfide) groups is 1. The molecule has 3 aromatic rings. The number of carbonyl (C=O) groups excluding carboxylic acids is 2. The van der Waals surface area contributed by atoms with E-state index in [9.17, 15) is 9.59 Å². The van der Waals surface area contributed by atoms with Crippen molar-refractivity contribution in [1.82, 2.24) is 31.1 Å². The summed E-state index contributed by atoms with van der Waals surface area (Å²) in [5, 5.41) is 12.4. The van der Waals surface area contributed by atoms with Crippen LogP contribution in [-0.4, -0.2) is 37.8 Å². The zero-order valence-corrected chi connectivity index (χ0v) is 14.9. The lowest BCUT2D eigenvalue weighted by Gasteiger charge is -2.07. The van der Waals surface area contributed by atoms with Gasteiger partial charge in [-0.25, -0.2) is 0 Å². The summed E-state index contributed by atoms with van der Waals surface area (Å²) in [6.45, 7) is 0. The molecule has 1 aromatic heterocycles. The molecule has 1 heterocycles. The molecule has 0 bridgehead atoms. The largest absolute Gasteiger partial charge is 0.272 e. The highest BCUT2D eigenvalue weighted by molar-refractivity contribution is 7.99. The number of benzene rings is 2. The molecule has 10 heteroatoms. The number of nitrogens with zero attached hydrogens (tertiary/aromatic N) is 4. The molecule has 0 aliphatic heterocycles. The number of hydrazine groups is 1. The molecule has 26 heavy (non-hydrogen) atoms. The standard InChI is InChI=1S/C16H13ClN6O2S/c17-12-8-6-11(7-9-12)15(25)19-18-14(24)10-26-16-20-21-22-23(16)13-4-2-1-3-5-13/h1-9H,10H2,(H,18,24)(H,19,25). The summed E-state index contributed by atoms with van der Waals surface area (Å²) in [5.74, 6) is -0.789. The highest BCUT2D eigenvalue weighted by Crippen LogP contribution is 2.17. The molecule has 0 saturated carbocycles. The minimum Gasteiger partial charge on any atom is -0.272 e.